The molecule has 1 heterocycles. The van der Waals surface area contributed by atoms with E-state index in [2.05, 4.69) is 5.32 Å². The van der Waals surface area contributed by atoms with Crippen LogP contribution < -0.4 is 5.32 Å². The Bertz CT molecular complexity index is 144. The van der Waals surface area contributed by atoms with Crippen molar-refractivity contribution in [2.24, 2.45) is 0 Å². The third-order valence-corrected chi connectivity index (χ3v) is 1.81. The van der Waals surface area contributed by atoms with Crippen LogP contribution in [0.1, 0.15) is 28.1 Å². The first-order valence-corrected chi connectivity index (χ1v) is 4.25. The molecule has 1 aliphatic heterocycles. The van der Waals surface area contributed by atoms with E-state index < -0.39 is 0 Å². The average Bonchev–Trinajstić information content (AvgIpc) is 2.35. The zero-order valence-corrected chi connectivity index (χ0v) is 7.26. The molecule has 0 radical (unpaired) electrons. The Kier molecular flexibility index (Phi) is 2.74. The maximum absolute atomic E-state index is 11.3. The number of urea groups is 1. The molecule has 0 aromatic heterocycles. The molecule has 66 valence electrons. The molecule has 1 rings (SSSR count). The number of carbonyl (C=O) groups is 1. The molecule has 0 atom stereocenters. The Hall–Kier alpha value is -0.730. The fraction of sp³-hybridized carbons (Fsp3) is 0.875. The number of nitrogens with zero attached hydrogens (tertiary/aromatic N) is 1. The minimum absolute atomic E-state index is 0. The van der Waals surface area contributed by atoms with Crippen molar-refractivity contribution in [1.82, 2.24) is 10.2 Å². The lowest BCUT2D eigenvalue weighted by Crippen LogP contribution is -2.41. The topological polar surface area (TPSA) is 32.3 Å². The molecule has 0 spiro atoms. The lowest BCUT2D eigenvalue weighted by Gasteiger charge is -2.17. The maximum atomic E-state index is 11.3. The molecule has 11 heavy (non-hydrogen) atoms. The molecule has 0 aliphatic carbocycles. The number of nitrogens with one attached hydrogen (secondary N) is 1. The molecular formula is C8H18N2O. The van der Waals surface area contributed by atoms with Crippen LogP contribution in [0, 0.1) is 0 Å². The van der Waals surface area contributed by atoms with Gasteiger partial charge in [0.05, 0.1) is 0 Å². The van der Waals surface area contributed by atoms with Crippen molar-refractivity contribution >= 4 is 6.03 Å². The molecular weight excluding hydrogens is 140 g/mol. The summed E-state index contributed by atoms with van der Waals surface area (Å²) in [6.45, 7) is 5.82. The summed E-state index contributed by atoms with van der Waals surface area (Å²) in [5.74, 6) is 0. The lowest BCUT2D eigenvalue weighted by atomic mass is 10.4. The van der Waals surface area contributed by atoms with Crippen molar-refractivity contribution in [3.63, 3.8) is 0 Å². The number of amides is 2. The molecule has 2 amide bonds. The van der Waals surface area contributed by atoms with Crippen molar-refractivity contribution in [3.05, 3.63) is 0 Å². The molecule has 3 nitrogen and oxygen atoms in total. The molecule has 0 unspecified atom stereocenters. The van der Waals surface area contributed by atoms with E-state index in [4.69, 9.17) is 0 Å². The van der Waals surface area contributed by atoms with Gasteiger partial charge in [0.2, 0.25) is 0 Å². The van der Waals surface area contributed by atoms with Gasteiger partial charge in [-0.1, -0.05) is 0 Å². The van der Waals surface area contributed by atoms with Crippen molar-refractivity contribution in [2.45, 2.75) is 32.7 Å². The van der Waals surface area contributed by atoms with E-state index in [1.54, 1.807) is 0 Å². The highest BCUT2D eigenvalue weighted by molar-refractivity contribution is 5.74. The average molecular weight is 158 g/mol. The molecule has 0 aromatic rings. The van der Waals surface area contributed by atoms with Gasteiger partial charge in [-0.15, -0.1) is 0 Å². The summed E-state index contributed by atoms with van der Waals surface area (Å²) in [5, 5.41) is 2.87. The highest BCUT2D eigenvalue weighted by Crippen LogP contribution is 2.06. The summed E-state index contributed by atoms with van der Waals surface area (Å²) in [6, 6.07) is 0.348. The Balaban J connectivity index is 0.00000121. The van der Waals surface area contributed by atoms with Gasteiger partial charge in [-0.3, -0.25) is 0 Å². The van der Waals surface area contributed by atoms with Gasteiger partial charge < -0.3 is 10.2 Å². The summed E-state index contributed by atoms with van der Waals surface area (Å²) in [6.07, 6.45) is 2.32. The number of likely N-dealkylation sites (tertiary alicyclic amines) is 1. The SMILES string of the molecule is CC(C)NC(=O)N1CCCC1.[HH]. The van der Waals surface area contributed by atoms with Crippen molar-refractivity contribution in [3.8, 4) is 0 Å². The molecule has 1 saturated heterocycles. The van der Waals surface area contributed by atoms with E-state index in [0.717, 1.165) is 25.9 Å². The second-order valence-corrected chi connectivity index (χ2v) is 3.30. The Labute approximate surface area is 69.2 Å². The van der Waals surface area contributed by atoms with Gasteiger partial charge in [-0.2, -0.15) is 0 Å². The van der Waals surface area contributed by atoms with Crippen LogP contribution in [0.25, 0.3) is 0 Å². The van der Waals surface area contributed by atoms with Crippen LogP contribution in [0.4, 0.5) is 4.79 Å². The number of carbonyl (C=O) groups excluding carboxylic acids is 1. The Morgan fingerprint density at radius 2 is 2.00 bits per heavy atom. The summed E-state index contributed by atoms with van der Waals surface area (Å²) < 4.78 is 0. The van der Waals surface area contributed by atoms with Crippen LogP contribution in [-0.4, -0.2) is 30.1 Å². The summed E-state index contributed by atoms with van der Waals surface area (Å²) in [7, 11) is 0. The predicted molar refractivity (Wildman–Crippen MR) is 46.6 cm³/mol. The summed E-state index contributed by atoms with van der Waals surface area (Å²) >= 11 is 0. The van der Waals surface area contributed by atoms with Crippen molar-refractivity contribution in [2.75, 3.05) is 13.1 Å². The van der Waals surface area contributed by atoms with E-state index >= 15 is 0 Å². The minimum atomic E-state index is 0. The van der Waals surface area contributed by atoms with E-state index in [0.29, 0.717) is 0 Å². The third-order valence-electron chi connectivity index (χ3n) is 1.81. The smallest absolute Gasteiger partial charge is 0.317 e. The summed E-state index contributed by atoms with van der Waals surface area (Å²) in [4.78, 5) is 13.1. The zero-order chi connectivity index (χ0) is 8.27. The normalized spacial score (nSPS) is 17.5. The predicted octanol–water partition coefficient (Wildman–Crippen LogP) is 1.45. The fourth-order valence-electron chi connectivity index (χ4n) is 1.26. The first-order valence-electron chi connectivity index (χ1n) is 4.25. The molecule has 0 saturated carbocycles. The lowest BCUT2D eigenvalue weighted by molar-refractivity contribution is 0.206. The molecule has 1 aliphatic rings. The Morgan fingerprint density at radius 3 is 2.45 bits per heavy atom. The quantitative estimate of drug-likeness (QED) is 0.615. The number of hydrogen-bond acceptors (Lipinski definition) is 1. The zero-order valence-electron chi connectivity index (χ0n) is 7.26. The van der Waals surface area contributed by atoms with Crippen LogP contribution in [0.5, 0.6) is 0 Å². The monoisotopic (exact) mass is 158 g/mol. The van der Waals surface area contributed by atoms with Gasteiger partial charge >= 0.3 is 6.03 Å². The van der Waals surface area contributed by atoms with Crippen LogP contribution in [0.2, 0.25) is 0 Å². The highest BCUT2D eigenvalue weighted by Gasteiger charge is 2.17. The van der Waals surface area contributed by atoms with Gasteiger partial charge in [-0.05, 0) is 26.7 Å². The second kappa shape index (κ2) is 3.60. The molecule has 1 N–H and O–H groups in total. The molecule has 0 aromatic carbocycles. The summed E-state index contributed by atoms with van der Waals surface area (Å²) in [5.41, 5.74) is 0. The van der Waals surface area contributed by atoms with Crippen LogP contribution >= 0.6 is 0 Å². The van der Waals surface area contributed by atoms with Crippen LogP contribution in [0.15, 0.2) is 0 Å². The van der Waals surface area contributed by atoms with Gasteiger partial charge in [0.25, 0.3) is 0 Å². The van der Waals surface area contributed by atoms with Crippen LogP contribution in [-0.2, 0) is 0 Å². The van der Waals surface area contributed by atoms with E-state index in [9.17, 15) is 4.79 Å². The van der Waals surface area contributed by atoms with Gasteiger partial charge in [0.1, 0.15) is 0 Å². The molecule has 3 heteroatoms. The number of rotatable bonds is 1. The van der Waals surface area contributed by atoms with Gasteiger partial charge in [0, 0.05) is 20.6 Å². The van der Waals surface area contributed by atoms with E-state index in [1.165, 1.54) is 0 Å². The first kappa shape index (κ1) is 8.37. The van der Waals surface area contributed by atoms with Crippen molar-refractivity contribution < 1.29 is 6.22 Å². The van der Waals surface area contributed by atoms with Gasteiger partial charge in [-0.25, -0.2) is 4.79 Å². The third kappa shape index (κ3) is 2.41. The minimum Gasteiger partial charge on any atom is -0.336 e. The standard InChI is InChI=1S/C8H16N2O.H2/c1-7(2)9-8(11)10-5-3-4-6-10;/h7H,3-6H2,1-2H3,(H,9,11);1H. The second-order valence-electron chi connectivity index (χ2n) is 3.30. The molecule has 0 bridgehead atoms. The Morgan fingerprint density at radius 1 is 1.45 bits per heavy atom. The largest absolute Gasteiger partial charge is 0.336 e. The van der Waals surface area contributed by atoms with E-state index in [-0.39, 0.29) is 13.5 Å². The van der Waals surface area contributed by atoms with Crippen LogP contribution in [0.3, 0.4) is 0 Å². The van der Waals surface area contributed by atoms with Gasteiger partial charge in [0.15, 0.2) is 0 Å². The number of hydrogen-bond donors (Lipinski definition) is 1. The van der Waals surface area contributed by atoms with Crippen molar-refractivity contribution in [1.29, 1.82) is 0 Å². The van der Waals surface area contributed by atoms with E-state index in [1.807, 2.05) is 18.7 Å². The highest BCUT2D eigenvalue weighted by atomic mass is 16.2. The maximum Gasteiger partial charge on any atom is 0.317 e. The molecule has 1 fully saturated rings. The first-order chi connectivity index (χ1) is 5.20. The fourth-order valence-corrected chi connectivity index (χ4v) is 1.26.